The van der Waals surface area contributed by atoms with Crippen LogP contribution in [-0.4, -0.2) is 45.4 Å². The van der Waals surface area contributed by atoms with Gasteiger partial charge in [0.15, 0.2) is 11.5 Å². The number of fused-ring (bicyclic) bond motifs is 1. The van der Waals surface area contributed by atoms with E-state index in [1.54, 1.807) is 30.3 Å². The highest BCUT2D eigenvalue weighted by Gasteiger charge is 2.25. The van der Waals surface area contributed by atoms with E-state index in [0.29, 0.717) is 51.2 Å². The first-order chi connectivity index (χ1) is 16.6. The van der Waals surface area contributed by atoms with Crippen LogP contribution in [0.5, 0.6) is 5.75 Å². The molecule has 4 aromatic rings. The maximum Gasteiger partial charge on any atom is 0.337 e. The van der Waals surface area contributed by atoms with Gasteiger partial charge in [-0.3, -0.25) is 9.89 Å². The molecular weight excluding hydrogens is 470 g/mol. The Morgan fingerprint density at radius 3 is 2.40 bits per heavy atom. The molecule has 2 aromatic carbocycles. The molecule has 0 saturated carbocycles. The van der Waals surface area contributed by atoms with Gasteiger partial charge in [0.25, 0.3) is 5.91 Å². The van der Waals surface area contributed by atoms with Crippen LogP contribution in [0.1, 0.15) is 54.1 Å². The lowest BCUT2D eigenvalue weighted by atomic mass is 9.92. The number of carbonyl (C=O) groups excluding carboxylic acids is 2. The number of amides is 1. The monoisotopic (exact) mass is 495 g/mol. The van der Waals surface area contributed by atoms with Crippen LogP contribution >= 0.6 is 11.6 Å². The number of hydrogen-bond donors (Lipinski definition) is 2. The van der Waals surface area contributed by atoms with Crippen LogP contribution in [0.3, 0.4) is 0 Å². The molecule has 2 aromatic heterocycles. The number of anilines is 1. The van der Waals surface area contributed by atoms with Crippen molar-refractivity contribution in [2.45, 2.75) is 33.1 Å². The number of aromatic amines is 1. The molecule has 35 heavy (non-hydrogen) atoms. The fourth-order valence-corrected chi connectivity index (χ4v) is 4.00. The Morgan fingerprint density at radius 2 is 1.80 bits per heavy atom. The van der Waals surface area contributed by atoms with Gasteiger partial charge in [0.05, 0.1) is 30.7 Å². The van der Waals surface area contributed by atoms with Crippen molar-refractivity contribution in [3.63, 3.8) is 0 Å². The van der Waals surface area contributed by atoms with E-state index in [2.05, 4.69) is 20.5 Å². The maximum absolute atomic E-state index is 13.0. The Kier molecular flexibility index (Phi) is 6.53. The van der Waals surface area contributed by atoms with Gasteiger partial charge in [-0.1, -0.05) is 32.4 Å². The van der Waals surface area contributed by atoms with Gasteiger partial charge in [0, 0.05) is 16.5 Å². The van der Waals surface area contributed by atoms with Crippen LogP contribution in [0.4, 0.5) is 5.69 Å². The number of rotatable bonds is 6. The minimum absolute atomic E-state index is 0.211. The predicted octanol–water partition coefficient (Wildman–Crippen LogP) is 5.11. The third kappa shape index (κ3) is 4.85. The zero-order valence-corrected chi connectivity index (χ0v) is 20.9. The summed E-state index contributed by atoms with van der Waals surface area (Å²) in [5.41, 5.74) is 2.90. The Balaban J connectivity index is 1.70. The molecule has 0 bridgehead atoms. The number of carbonyl (C=O) groups is 2. The molecular formula is C25H26ClN5O4. The topological polar surface area (TPSA) is 111 Å². The lowest BCUT2D eigenvalue weighted by Crippen LogP contribution is -2.14. The van der Waals surface area contributed by atoms with Crippen LogP contribution in [-0.2, 0) is 10.2 Å². The number of halogens is 1. The number of methoxy groups -OCH3 is 1. The van der Waals surface area contributed by atoms with Crippen LogP contribution < -0.4 is 10.1 Å². The van der Waals surface area contributed by atoms with Gasteiger partial charge in [-0.25, -0.2) is 9.78 Å². The van der Waals surface area contributed by atoms with Crippen molar-refractivity contribution in [2.75, 3.05) is 19.0 Å². The molecule has 0 aliphatic carbocycles. The van der Waals surface area contributed by atoms with Gasteiger partial charge in [-0.15, -0.1) is 5.10 Å². The van der Waals surface area contributed by atoms with E-state index in [-0.39, 0.29) is 11.3 Å². The molecule has 0 saturated heterocycles. The van der Waals surface area contributed by atoms with E-state index in [4.69, 9.17) is 21.1 Å². The second-order valence-electron chi connectivity index (χ2n) is 8.89. The van der Waals surface area contributed by atoms with E-state index in [0.717, 1.165) is 5.69 Å². The van der Waals surface area contributed by atoms with Crippen LogP contribution in [0.2, 0.25) is 5.02 Å². The normalized spacial score (nSPS) is 11.5. The third-order valence-corrected chi connectivity index (χ3v) is 5.71. The lowest BCUT2D eigenvalue weighted by molar-refractivity contribution is 0.0600. The Bertz CT molecular complexity index is 1400. The Labute approximate surface area is 207 Å². The first-order valence-corrected chi connectivity index (χ1v) is 11.4. The van der Waals surface area contributed by atoms with Gasteiger partial charge in [-0.05, 0) is 49.4 Å². The molecule has 0 radical (unpaired) electrons. The second-order valence-corrected chi connectivity index (χ2v) is 9.26. The largest absolute Gasteiger partial charge is 0.494 e. The van der Waals surface area contributed by atoms with Crippen molar-refractivity contribution in [1.29, 1.82) is 0 Å². The fourth-order valence-electron chi connectivity index (χ4n) is 3.55. The molecule has 182 valence electrons. The summed E-state index contributed by atoms with van der Waals surface area (Å²) in [5.74, 6) is 0.157. The number of ether oxygens (including phenoxy) is 2. The number of hydrogen-bond acceptors (Lipinski definition) is 6. The van der Waals surface area contributed by atoms with Crippen molar-refractivity contribution in [1.82, 2.24) is 19.8 Å². The molecule has 0 aliphatic heterocycles. The number of nitrogens with one attached hydrogen (secondary N) is 2. The molecule has 0 atom stereocenters. The van der Waals surface area contributed by atoms with Crippen molar-refractivity contribution < 1.29 is 19.1 Å². The van der Waals surface area contributed by atoms with Gasteiger partial charge >= 0.3 is 5.97 Å². The van der Waals surface area contributed by atoms with Crippen LogP contribution in [0, 0.1) is 0 Å². The van der Waals surface area contributed by atoms with Crippen molar-refractivity contribution in [3.8, 4) is 17.1 Å². The summed E-state index contributed by atoms with van der Waals surface area (Å²) in [6.45, 7) is 8.50. The molecule has 9 nitrogen and oxygen atoms in total. The van der Waals surface area contributed by atoms with E-state index < -0.39 is 5.97 Å². The summed E-state index contributed by atoms with van der Waals surface area (Å²) < 4.78 is 11.9. The lowest BCUT2D eigenvalue weighted by Gasteiger charge is -2.16. The van der Waals surface area contributed by atoms with Crippen molar-refractivity contribution in [2.24, 2.45) is 0 Å². The summed E-state index contributed by atoms with van der Waals surface area (Å²) in [4.78, 5) is 29.2. The van der Waals surface area contributed by atoms with E-state index in [9.17, 15) is 9.59 Å². The van der Waals surface area contributed by atoms with Gasteiger partial charge in [-0.2, -0.15) is 4.63 Å². The Hall–Kier alpha value is -3.85. The summed E-state index contributed by atoms with van der Waals surface area (Å²) in [5, 5.41) is 11.2. The number of aromatic nitrogens is 4. The number of esters is 1. The zero-order valence-electron chi connectivity index (χ0n) is 20.1. The third-order valence-electron chi connectivity index (χ3n) is 5.35. The van der Waals surface area contributed by atoms with Crippen molar-refractivity contribution in [3.05, 3.63) is 64.3 Å². The average Bonchev–Trinajstić information content (AvgIpc) is 3.39. The average molecular weight is 496 g/mol. The summed E-state index contributed by atoms with van der Waals surface area (Å²) in [7, 11) is 1.30. The highest BCUT2D eigenvalue weighted by atomic mass is 35.5. The molecule has 1 amide bonds. The summed E-state index contributed by atoms with van der Waals surface area (Å²) >= 11 is 6.59. The zero-order chi connectivity index (χ0) is 25.3. The van der Waals surface area contributed by atoms with Gasteiger partial charge in [0.1, 0.15) is 10.8 Å². The van der Waals surface area contributed by atoms with E-state index >= 15 is 0 Å². The molecule has 0 fully saturated rings. The number of nitrogens with zero attached hydrogens (tertiary/aromatic N) is 3. The van der Waals surface area contributed by atoms with Gasteiger partial charge < -0.3 is 14.8 Å². The first kappa shape index (κ1) is 24.3. The molecule has 4 rings (SSSR count). The fraction of sp³-hybridized carbons (Fsp3) is 0.280. The molecule has 0 spiro atoms. The standard InChI is InChI=1S/C25H26ClN5O4/c1-6-35-16-11-12-18(27-23(32)14-7-9-15(10-8-14)24(33)34-5)17(13-16)21-28-22-19(26)20(25(2,3)4)29-31(22)30-21/h7-13,29H,6H2,1-5H3,(H,27,32). The van der Waals surface area contributed by atoms with Crippen LogP contribution in [0.25, 0.3) is 17.0 Å². The van der Waals surface area contributed by atoms with E-state index in [1.165, 1.54) is 23.9 Å². The van der Waals surface area contributed by atoms with E-state index in [1.807, 2.05) is 27.7 Å². The second kappa shape index (κ2) is 9.42. The van der Waals surface area contributed by atoms with Crippen molar-refractivity contribution >= 4 is 34.8 Å². The van der Waals surface area contributed by atoms with Gasteiger partial charge in [0.2, 0.25) is 0 Å². The molecule has 2 heterocycles. The maximum atomic E-state index is 13.0. The molecule has 2 N–H and O–H groups in total. The predicted molar refractivity (Wildman–Crippen MR) is 133 cm³/mol. The Morgan fingerprint density at radius 1 is 1.11 bits per heavy atom. The number of benzene rings is 2. The molecule has 0 unspecified atom stereocenters. The first-order valence-electron chi connectivity index (χ1n) is 11.0. The smallest absolute Gasteiger partial charge is 0.337 e. The number of H-pyrrole nitrogens is 1. The highest BCUT2D eigenvalue weighted by Crippen LogP contribution is 2.34. The SMILES string of the molecule is CCOc1ccc(NC(=O)c2ccc(C(=O)OC)cc2)c(-c2nc3c(Cl)c(C(C)(C)C)[nH]n3n2)c1. The highest BCUT2D eigenvalue weighted by molar-refractivity contribution is 6.34. The van der Waals surface area contributed by atoms with Crippen LogP contribution in [0.15, 0.2) is 42.5 Å². The molecule has 0 aliphatic rings. The quantitative estimate of drug-likeness (QED) is 0.359. The minimum atomic E-state index is -0.472. The molecule has 10 heteroatoms. The summed E-state index contributed by atoms with van der Waals surface area (Å²) in [6, 6.07) is 11.5. The summed E-state index contributed by atoms with van der Waals surface area (Å²) in [6.07, 6.45) is 0. The minimum Gasteiger partial charge on any atom is -0.494 e.